The Labute approximate surface area is 174 Å². The number of nitrogens with zero attached hydrogens (tertiary/aromatic N) is 5. The van der Waals surface area contributed by atoms with E-state index in [4.69, 9.17) is 4.42 Å². The summed E-state index contributed by atoms with van der Waals surface area (Å²) in [7, 11) is 0. The molecule has 4 aromatic rings. The highest BCUT2D eigenvalue weighted by atomic mass is 16.3. The Bertz CT molecular complexity index is 1300. The van der Waals surface area contributed by atoms with Gasteiger partial charge in [0.25, 0.3) is 5.56 Å². The Hall–Kier alpha value is -3.19. The smallest absolute Gasteiger partial charge is 0.258 e. The second-order valence-corrected chi connectivity index (χ2v) is 7.89. The maximum absolute atomic E-state index is 12.9. The van der Waals surface area contributed by atoms with Crippen LogP contribution >= 0.6 is 0 Å². The molecule has 5 rings (SSSR count). The summed E-state index contributed by atoms with van der Waals surface area (Å²) in [6.45, 7) is 11.2. The van der Waals surface area contributed by atoms with Crippen molar-refractivity contribution in [2.45, 2.75) is 20.8 Å². The number of fused-ring (bicyclic) bond motifs is 2. The average molecular weight is 403 g/mol. The molecular formula is C23H25N5O2. The second kappa shape index (κ2) is 7.25. The summed E-state index contributed by atoms with van der Waals surface area (Å²) in [4.78, 5) is 26.8. The molecule has 0 aliphatic carbocycles. The predicted octanol–water partition coefficient (Wildman–Crippen LogP) is 3.26. The molecule has 0 atom stereocenters. The van der Waals surface area contributed by atoms with Gasteiger partial charge in [0.15, 0.2) is 11.3 Å². The molecule has 0 radical (unpaired) electrons. The fourth-order valence-corrected chi connectivity index (χ4v) is 4.22. The predicted molar refractivity (Wildman–Crippen MR) is 118 cm³/mol. The normalized spacial score (nSPS) is 15.4. The van der Waals surface area contributed by atoms with Crippen LogP contribution in [0.4, 0.5) is 5.69 Å². The van der Waals surface area contributed by atoms with E-state index in [2.05, 4.69) is 26.7 Å². The molecule has 0 bridgehead atoms. The molecule has 1 aliphatic rings. The lowest BCUT2D eigenvalue weighted by atomic mass is 10.2. The highest BCUT2D eigenvalue weighted by molar-refractivity contribution is 5.84. The molecule has 0 amide bonds. The lowest BCUT2D eigenvalue weighted by Crippen LogP contribution is -2.46. The van der Waals surface area contributed by atoms with Gasteiger partial charge in [0, 0.05) is 49.5 Å². The maximum Gasteiger partial charge on any atom is 0.258 e. The number of hydrogen-bond acceptors (Lipinski definition) is 6. The zero-order valence-corrected chi connectivity index (χ0v) is 17.6. The number of anilines is 1. The maximum atomic E-state index is 12.9. The molecule has 5 heterocycles. The van der Waals surface area contributed by atoms with Crippen molar-refractivity contribution >= 4 is 22.3 Å². The Balaban J connectivity index is 1.52. The van der Waals surface area contributed by atoms with E-state index >= 15 is 0 Å². The van der Waals surface area contributed by atoms with Gasteiger partial charge in [-0.15, -0.1) is 0 Å². The van der Waals surface area contributed by atoms with Gasteiger partial charge in [-0.1, -0.05) is 6.92 Å². The van der Waals surface area contributed by atoms with Crippen LogP contribution in [0.1, 0.15) is 18.3 Å². The van der Waals surface area contributed by atoms with Crippen molar-refractivity contribution in [1.29, 1.82) is 0 Å². The number of likely N-dealkylation sites (N-methyl/N-ethyl adjacent to an activating group) is 1. The zero-order valence-electron chi connectivity index (χ0n) is 17.6. The van der Waals surface area contributed by atoms with Gasteiger partial charge in [0.1, 0.15) is 11.3 Å². The first-order chi connectivity index (χ1) is 14.5. The van der Waals surface area contributed by atoms with E-state index in [1.165, 1.54) is 0 Å². The summed E-state index contributed by atoms with van der Waals surface area (Å²) in [5, 5.41) is 0.971. The van der Waals surface area contributed by atoms with Gasteiger partial charge in [-0.25, -0.2) is 4.98 Å². The van der Waals surface area contributed by atoms with Crippen LogP contribution < -0.4 is 10.5 Å². The third kappa shape index (κ3) is 3.25. The standard InChI is InChI=1S/C23H25N5O2/c1-4-26-7-9-27(10-8-26)18-5-6-21-25-19(13-22(29)28(21)14-18)20-12-17-11-15(2)24-16(3)23(17)30-20/h5-6,11-14H,4,7-10H2,1-3H3. The van der Waals surface area contributed by atoms with Crippen LogP contribution in [0.25, 0.3) is 28.1 Å². The van der Waals surface area contributed by atoms with Crippen LogP contribution in [0, 0.1) is 13.8 Å². The fourth-order valence-electron chi connectivity index (χ4n) is 4.22. The summed E-state index contributed by atoms with van der Waals surface area (Å²) in [5.41, 5.74) is 4.59. The van der Waals surface area contributed by atoms with Crippen molar-refractivity contribution in [1.82, 2.24) is 19.3 Å². The molecule has 0 unspecified atom stereocenters. The van der Waals surface area contributed by atoms with E-state index < -0.39 is 0 Å². The van der Waals surface area contributed by atoms with Crippen LogP contribution in [0.5, 0.6) is 0 Å². The minimum absolute atomic E-state index is 0.115. The average Bonchev–Trinajstić information content (AvgIpc) is 3.18. The van der Waals surface area contributed by atoms with Gasteiger partial charge < -0.3 is 14.2 Å². The highest BCUT2D eigenvalue weighted by Gasteiger charge is 2.17. The van der Waals surface area contributed by atoms with Crippen molar-refractivity contribution in [2.75, 3.05) is 37.6 Å². The van der Waals surface area contributed by atoms with Crippen molar-refractivity contribution in [3.63, 3.8) is 0 Å². The summed E-state index contributed by atoms with van der Waals surface area (Å²) in [6.07, 6.45) is 1.89. The van der Waals surface area contributed by atoms with E-state index in [1.807, 2.05) is 44.3 Å². The van der Waals surface area contributed by atoms with E-state index in [9.17, 15) is 4.79 Å². The zero-order chi connectivity index (χ0) is 20.8. The van der Waals surface area contributed by atoms with Crippen molar-refractivity contribution in [3.05, 3.63) is 58.3 Å². The van der Waals surface area contributed by atoms with Gasteiger partial charge in [0.05, 0.1) is 11.4 Å². The Kier molecular flexibility index (Phi) is 4.55. The fraction of sp³-hybridized carbons (Fsp3) is 0.348. The molecule has 7 heteroatoms. The van der Waals surface area contributed by atoms with Crippen molar-refractivity contribution < 1.29 is 4.42 Å². The molecule has 1 saturated heterocycles. The first-order valence-electron chi connectivity index (χ1n) is 10.4. The summed E-state index contributed by atoms with van der Waals surface area (Å²) < 4.78 is 7.61. The van der Waals surface area contributed by atoms with Crippen molar-refractivity contribution in [2.24, 2.45) is 0 Å². The number of piperazine rings is 1. The van der Waals surface area contributed by atoms with Gasteiger partial charge in [-0.2, -0.15) is 0 Å². The first-order valence-corrected chi connectivity index (χ1v) is 10.4. The molecule has 7 nitrogen and oxygen atoms in total. The molecule has 30 heavy (non-hydrogen) atoms. The monoisotopic (exact) mass is 403 g/mol. The number of aromatic nitrogens is 3. The number of rotatable bonds is 3. The number of furan rings is 1. The van der Waals surface area contributed by atoms with Crippen LogP contribution in [0.3, 0.4) is 0 Å². The van der Waals surface area contributed by atoms with Crippen LogP contribution in [-0.4, -0.2) is 52.0 Å². The molecular weight excluding hydrogens is 378 g/mol. The largest absolute Gasteiger partial charge is 0.453 e. The van der Waals surface area contributed by atoms with Crippen LogP contribution in [-0.2, 0) is 0 Å². The lowest BCUT2D eigenvalue weighted by Gasteiger charge is -2.35. The molecule has 0 spiro atoms. The van der Waals surface area contributed by atoms with E-state index in [1.54, 1.807) is 10.5 Å². The number of hydrogen-bond donors (Lipinski definition) is 0. The van der Waals surface area contributed by atoms with E-state index in [-0.39, 0.29) is 5.56 Å². The minimum atomic E-state index is -0.115. The van der Waals surface area contributed by atoms with E-state index in [0.29, 0.717) is 17.1 Å². The molecule has 0 saturated carbocycles. The SMILES string of the molecule is CCN1CCN(c2ccc3nc(-c4cc5cc(C)nc(C)c5o4)cc(=O)n3c2)CC1. The first kappa shape index (κ1) is 18.8. The lowest BCUT2D eigenvalue weighted by molar-refractivity contribution is 0.271. The molecule has 4 aromatic heterocycles. The Morgan fingerprint density at radius 2 is 1.83 bits per heavy atom. The molecule has 154 valence electrons. The second-order valence-electron chi connectivity index (χ2n) is 7.89. The van der Waals surface area contributed by atoms with Gasteiger partial charge >= 0.3 is 0 Å². The summed E-state index contributed by atoms with van der Waals surface area (Å²) in [5.74, 6) is 0.583. The molecule has 1 fully saturated rings. The topological polar surface area (TPSA) is 66.9 Å². The third-order valence-corrected chi connectivity index (χ3v) is 5.88. The molecule has 0 aromatic carbocycles. The van der Waals surface area contributed by atoms with Gasteiger partial charge in [-0.05, 0) is 44.7 Å². The number of pyridine rings is 2. The van der Waals surface area contributed by atoms with Crippen molar-refractivity contribution in [3.8, 4) is 11.5 Å². The Morgan fingerprint density at radius 3 is 2.60 bits per heavy atom. The van der Waals surface area contributed by atoms with E-state index in [0.717, 1.165) is 60.8 Å². The third-order valence-electron chi connectivity index (χ3n) is 5.88. The highest BCUT2D eigenvalue weighted by Crippen LogP contribution is 2.28. The van der Waals surface area contributed by atoms with Crippen LogP contribution in [0.2, 0.25) is 0 Å². The molecule has 0 N–H and O–H groups in total. The summed E-state index contributed by atoms with van der Waals surface area (Å²) in [6, 6.07) is 9.40. The number of aryl methyl sites for hydroxylation is 2. The minimum Gasteiger partial charge on any atom is -0.453 e. The molecule has 1 aliphatic heterocycles. The van der Waals surface area contributed by atoms with Crippen LogP contribution in [0.15, 0.2) is 45.7 Å². The Morgan fingerprint density at radius 1 is 1.03 bits per heavy atom. The van der Waals surface area contributed by atoms with Gasteiger partial charge in [0.2, 0.25) is 0 Å². The summed E-state index contributed by atoms with van der Waals surface area (Å²) >= 11 is 0. The quantitative estimate of drug-likeness (QED) is 0.523. The van der Waals surface area contributed by atoms with Gasteiger partial charge in [-0.3, -0.25) is 14.2 Å².